The van der Waals surface area contributed by atoms with E-state index in [-0.39, 0.29) is 23.3 Å². The molecule has 0 aliphatic carbocycles. The van der Waals surface area contributed by atoms with Crippen LogP contribution in [0, 0.1) is 11.6 Å². The zero-order valence-electron chi connectivity index (χ0n) is 9.80. The molecule has 1 nitrogen and oxygen atoms in total. The van der Waals surface area contributed by atoms with Gasteiger partial charge in [0.1, 0.15) is 12.4 Å². The Bertz CT molecular complexity index is 588. The van der Waals surface area contributed by atoms with Crippen LogP contribution in [0.2, 0.25) is 5.02 Å². The number of rotatable bonds is 4. The van der Waals surface area contributed by atoms with E-state index in [2.05, 4.69) is 0 Å². The highest BCUT2D eigenvalue weighted by molar-refractivity contribution is 6.31. The van der Waals surface area contributed by atoms with Crippen LogP contribution >= 0.6 is 23.2 Å². The normalized spacial score (nSPS) is 10.5. The fourth-order valence-electron chi connectivity index (χ4n) is 1.56. The number of hydrogen-bond acceptors (Lipinski definition) is 1. The molecule has 0 atom stereocenters. The molecule has 2 aromatic rings. The van der Waals surface area contributed by atoms with E-state index in [0.717, 1.165) is 0 Å². The van der Waals surface area contributed by atoms with Crippen molar-refractivity contribution in [3.63, 3.8) is 0 Å². The molecule has 0 saturated heterocycles. The minimum absolute atomic E-state index is 0.00622. The summed E-state index contributed by atoms with van der Waals surface area (Å²) in [6, 6.07) is 8.85. The fourth-order valence-corrected chi connectivity index (χ4v) is 1.91. The van der Waals surface area contributed by atoms with Crippen LogP contribution in [0.25, 0.3) is 0 Å². The second kappa shape index (κ2) is 6.22. The van der Waals surface area contributed by atoms with Gasteiger partial charge in [0.05, 0.1) is 5.02 Å². The molecule has 0 amide bonds. The van der Waals surface area contributed by atoms with Crippen LogP contribution in [0.5, 0.6) is 5.75 Å². The van der Waals surface area contributed by atoms with Crippen molar-refractivity contribution in [2.75, 3.05) is 0 Å². The predicted octanol–water partition coefficient (Wildman–Crippen LogP) is 4.94. The number of halogens is 4. The lowest BCUT2D eigenvalue weighted by molar-refractivity contribution is 0.289. The lowest BCUT2D eigenvalue weighted by atomic mass is 10.2. The summed E-state index contributed by atoms with van der Waals surface area (Å²) in [5.74, 6) is -0.729. The van der Waals surface area contributed by atoms with Crippen LogP contribution in [-0.2, 0) is 12.5 Å². The van der Waals surface area contributed by atoms with Gasteiger partial charge >= 0.3 is 0 Å². The van der Waals surface area contributed by atoms with Crippen molar-refractivity contribution < 1.29 is 13.5 Å². The van der Waals surface area contributed by atoms with Gasteiger partial charge in [-0.3, -0.25) is 0 Å². The van der Waals surface area contributed by atoms with Crippen LogP contribution in [0.1, 0.15) is 11.1 Å². The van der Waals surface area contributed by atoms with Gasteiger partial charge in [-0.2, -0.15) is 0 Å². The van der Waals surface area contributed by atoms with Crippen molar-refractivity contribution in [1.82, 2.24) is 0 Å². The third kappa shape index (κ3) is 3.37. The quantitative estimate of drug-likeness (QED) is 0.727. The van der Waals surface area contributed by atoms with Crippen molar-refractivity contribution >= 4 is 23.2 Å². The first-order valence-electron chi connectivity index (χ1n) is 5.52. The molecule has 0 heterocycles. The SMILES string of the molecule is Fc1cc(CCl)ccc1OCc1cccc(F)c1Cl. The molecule has 0 aliphatic rings. The van der Waals surface area contributed by atoms with Crippen molar-refractivity contribution in [3.8, 4) is 5.75 Å². The summed E-state index contributed by atoms with van der Waals surface area (Å²) >= 11 is 11.4. The minimum Gasteiger partial charge on any atom is -0.486 e. The Morgan fingerprint density at radius 2 is 1.84 bits per heavy atom. The summed E-state index contributed by atoms with van der Waals surface area (Å²) in [6.45, 7) is -0.00622. The van der Waals surface area contributed by atoms with E-state index in [9.17, 15) is 8.78 Å². The van der Waals surface area contributed by atoms with Crippen molar-refractivity contribution in [2.45, 2.75) is 12.5 Å². The molecule has 0 fully saturated rings. The molecule has 0 spiro atoms. The first-order chi connectivity index (χ1) is 9.11. The molecule has 0 N–H and O–H groups in total. The van der Waals surface area contributed by atoms with E-state index >= 15 is 0 Å². The first kappa shape index (κ1) is 14.1. The van der Waals surface area contributed by atoms with Crippen molar-refractivity contribution in [1.29, 1.82) is 0 Å². The summed E-state index contributed by atoms with van der Waals surface area (Å²) in [5.41, 5.74) is 1.12. The van der Waals surface area contributed by atoms with Gasteiger partial charge in [-0.1, -0.05) is 29.8 Å². The molecule has 0 saturated carbocycles. The lowest BCUT2D eigenvalue weighted by Gasteiger charge is -2.09. The summed E-state index contributed by atoms with van der Waals surface area (Å²) in [7, 11) is 0. The standard InChI is InChI=1S/C14H10Cl2F2O/c15-7-9-4-5-13(12(18)6-9)19-8-10-2-1-3-11(17)14(10)16/h1-6H,7-8H2. The Labute approximate surface area is 119 Å². The monoisotopic (exact) mass is 302 g/mol. The first-order valence-corrected chi connectivity index (χ1v) is 6.43. The Hall–Kier alpha value is -1.32. The number of hydrogen-bond donors (Lipinski definition) is 0. The van der Waals surface area contributed by atoms with Crippen LogP contribution in [0.4, 0.5) is 8.78 Å². The third-order valence-corrected chi connectivity index (χ3v) is 3.30. The van der Waals surface area contributed by atoms with Gasteiger partial charge < -0.3 is 4.74 Å². The topological polar surface area (TPSA) is 9.23 Å². The second-order valence-corrected chi connectivity index (χ2v) is 4.55. The van der Waals surface area contributed by atoms with Gasteiger partial charge in [-0.25, -0.2) is 8.78 Å². The Balaban J connectivity index is 2.12. The summed E-state index contributed by atoms with van der Waals surface area (Å²) in [5, 5.41) is -0.0136. The molecule has 0 radical (unpaired) electrons. The van der Waals surface area contributed by atoms with Gasteiger partial charge in [0.15, 0.2) is 11.6 Å². The molecular formula is C14H10Cl2F2O. The molecule has 0 unspecified atom stereocenters. The van der Waals surface area contributed by atoms with Crippen LogP contribution in [0.15, 0.2) is 36.4 Å². The lowest BCUT2D eigenvalue weighted by Crippen LogP contribution is -1.99. The highest BCUT2D eigenvalue weighted by Gasteiger charge is 2.09. The van der Waals surface area contributed by atoms with E-state index in [0.29, 0.717) is 11.1 Å². The largest absolute Gasteiger partial charge is 0.486 e. The zero-order chi connectivity index (χ0) is 13.8. The number of ether oxygens (including phenoxy) is 1. The third-order valence-electron chi connectivity index (χ3n) is 2.57. The maximum absolute atomic E-state index is 13.6. The predicted molar refractivity (Wildman–Crippen MR) is 71.7 cm³/mol. The van der Waals surface area contributed by atoms with Crippen LogP contribution in [-0.4, -0.2) is 0 Å². The van der Waals surface area contributed by atoms with Gasteiger partial charge in [0, 0.05) is 11.4 Å². The van der Waals surface area contributed by atoms with Gasteiger partial charge in [-0.15, -0.1) is 11.6 Å². The number of benzene rings is 2. The van der Waals surface area contributed by atoms with Crippen LogP contribution < -0.4 is 4.74 Å². The molecule has 2 rings (SSSR count). The smallest absolute Gasteiger partial charge is 0.165 e. The van der Waals surface area contributed by atoms with E-state index in [1.807, 2.05) is 0 Å². The highest BCUT2D eigenvalue weighted by atomic mass is 35.5. The fraction of sp³-hybridized carbons (Fsp3) is 0.143. The van der Waals surface area contributed by atoms with E-state index in [1.165, 1.54) is 24.3 Å². The molecule has 2 aromatic carbocycles. The average Bonchev–Trinajstić information content (AvgIpc) is 2.41. The van der Waals surface area contributed by atoms with Crippen molar-refractivity contribution in [3.05, 3.63) is 64.2 Å². The molecule has 100 valence electrons. The van der Waals surface area contributed by atoms with Gasteiger partial charge in [-0.05, 0) is 23.8 Å². The summed E-state index contributed by atoms with van der Waals surface area (Å²) in [6.07, 6.45) is 0. The number of alkyl halides is 1. The average molecular weight is 303 g/mol. The molecule has 0 aromatic heterocycles. The maximum atomic E-state index is 13.6. The summed E-state index contributed by atoms with van der Waals surface area (Å²) in [4.78, 5) is 0. The molecule has 19 heavy (non-hydrogen) atoms. The molecular weight excluding hydrogens is 293 g/mol. The second-order valence-electron chi connectivity index (χ2n) is 3.90. The van der Waals surface area contributed by atoms with E-state index in [4.69, 9.17) is 27.9 Å². The Morgan fingerprint density at radius 1 is 1.05 bits per heavy atom. The Kier molecular flexibility index (Phi) is 4.61. The summed E-state index contributed by atoms with van der Waals surface area (Å²) < 4.78 is 32.1. The van der Waals surface area contributed by atoms with E-state index < -0.39 is 11.6 Å². The van der Waals surface area contributed by atoms with E-state index in [1.54, 1.807) is 12.1 Å². The van der Waals surface area contributed by atoms with Gasteiger partial charge in [0.25, 0.3) is 0 Å². The highest BCUT2D eigenvalue weighted by Crippen LogP contribution is 2.24. The Morgan fingerprint density at radius 3 is 2.53 bits per heavy atom. The zero-order valence-corrected chi connectivity index (χ0v) is 11.3. The maximum Gasteiger partial charge on any atom is 0.165 e. The van der Waals surface area contributed by atoms with Gasteiger partial charge in [0.2, 0.25) is 0 Å². The minimum atomic E-state index is -0.527. The van der Waals surface area contributed by atoms with Crippen molar-refractivity contribution in [2.24, 2.45) is 0 Å². The molecule has 0 bridgehead atoms. The molecule has 0 aliphatic heterocycles. The van der Waals surface area contributed by atoms with Crippen LogP contribution in [0.3, 0.4) is 0 Å². The molecule has 5 heteroatoms.